The monoisotopic (exact) mass is 439 g/mol. The third-order valence-electron chi connectivity index (χ3n) is 4.18. The maximum atomic E-state index is 12.6. The Morgan fingerprint density at radius 1 is 1.14 bits per heavy atom. The number of thiophene rings is 1. The number of hydrogen-bond donors (Lipinski definition) is 2. The molecule has 0 saturated carbocycles. The van der Waals surface area contributed by atoms with Crippen LogP contribution in [-0.2, 0) is 24.3 Å². The van der Waals surface area contributed by atoms with Crippen molar-refractivity contribution >= 4 is 44.6 Å². The largest absolute Gasteiger partial charge is 0.465 e. The second-order valence-corrected chi connectivity index (χ2v) is 8.79. The van der Waals surface area contributed by atoms with Gasteiger partial charge in [-0.2, -0.15) is 0 Å². The zero-order chi connectivity index (χ0) is 20.9. The lowest BCUT2D eigenvalue weighted by Crippen LogP contribution is -2.41. The molecule has 1 saturated heterocycles. The van der Waals surface area contributed by atoms with Crippen LogP contribution in [0.5, 0.6) is 0 Å². The van der Waals surface area contributed by atoms with Gasteiger partial charge in [0.25, 0.3) is 10.0 Å². The zero-order valence-corrected chi connectivity index (χ0v) is 17.3. The SMILES string of the molecule is COC(=O)c1sccc1S(=O)(=O)Nc1ccc(NC(=O)CN2CCOCC2)cc1. The summed E-state index contributed by atoms with van der Waals surface area (Å²) in [5.74, 6) is -0.861. The van der Waals surface area contributed by atoms with E-state index in [-0.39, 0.29) is 22.2 Å². The van der Waals surface area contributed by atoms with Crippen molar-refractivity contribution in [1.29, 1.82) is 0 Å². The van der Waals surface area contributed by atoms with E-state index in [0.29, 0.717) is 37.7 Å². The number of hydrogen-bond acceptors (Lipinski definition) is 8. The molecule has 0 unspecified atom stereocenters. The van der Waals surface area contributed by atoms with Crippen LogP contribution >= 0.6 is 11.3 Å². The topological polar surface area (TPSA) is 114 Å². The Labute approximate surface area is 172 Å². The number of rotatable bonds is 7. The highest BCUT2D eigenvalue weighted by atomic mass is 32.2. The molecular formula is C18H21N3O6S2. The first-order valence-corrected chi connectivity index (χ1v) is 11.1. The number of benzene rings is 1. The van der Waals surface area contributed by atoms with Crippen molar-refractivity contribution in [3.05, 3.63) is 40.6 Å². The van der Waals surface area contributed by atoms with Crippen LogP contribution in [0, 0.1) is 0 Å². The summed E-state index contributed by atoms with van der Waals surface area (Å²) in [5, 5.41) is 4.29. The molecule has 1 aromatic carbocycles. The van der Waals surface area contributed by atoms with E-state index in [1.807, 2.05) is 4.90 Å². The summed E-state index contributed by atoms with van der Waals surface area (Å²) in [5.41, 5.74) is 0.857. The summed E-state index contributed by atoms with van der Waals surface area (Å²) in [6.45, 7) is 2.93. The van der Waals surface area contributed by atoms with E-state index in [9.17, 15) is 18.0 Å². The van der Waals surface area contributed by atoms with Crippen LogP contribution in [-0.4, -0.2) is 65.2 Å². The van der Waals surface area contributed by atoms with Crippen molar-refractivity contribution in [2.45, 2.75) is 4.90 Å². The van der Waals surface area contributed by atoms with Crippen LogP contribution in [0.1, 0.15) is 9.67 Å². The van der Waals surface area contributed by atoms with E-state index in [0.717, 1.165) is 11.3 Å². The molecule has 0 aliphatic carbocycles. The second-order valence-electron chi connectivity index (χ2n) is 6.23. The quantitative estimate of drug-likeness (QED) is 0.630. The van der Waals surface area contributed by atoms with Crippen molar-refractivity contribution in [2.75, 3.05) is 50.0 Å². The minimum Gasteiger partial charge on any atom is -0.465 e. The predicted molar refractivity (Wildman–Crippen MR) is 109 cm³/mol. The molecule has 3 rings (SSSR count). The Kier molecular flexibility index (Phi) is 6.85. The molecule has 11 heteroatoms. The smallest absolute Gasteiger partial charge is 0.349 e. The van der Waals surface area contributed by atoms with Gasteiger partial charge in [-0.1, -0.05) is 0 Å². The molecule has 1 amide bonds. The molecule has 0 spiro atoms. The first kappa shape index (κ1) is 21.2. The molecule has 0 radical (unpaired) electrons. The number of morpholine rings is 1. The van der Waals surface area contributed by atoms with Crippen LogP contribution in [0.2, 0.25) is 0 Å². The van der Waals surface area contributed by atoms with Gasteiger partial charge in [-0.15, -0.1) is 11.3 Å². The average molecular weight is 440 g/mol. The Hall–Kier alpha value is -2.47. The Balaban J connectivity index is 1.62. The van der Waals surface area contributed by atoms with Gasteiger partial charge in [-0.3, -0.25) is 14.4 Å². The molecule has 156 valence electrons. The first-order valence-electron chi connectivity index (χ1n) is 8.77. The van der Waals surface area contributed by atoms with E-state index >= 15 is 0 Å². The highest BCUT2D eigenvalue weighted by Gasteiger charge is 2.24. The van der Waals surface area contributed by atoms with E-state index in [1.165, 1.54) is 30.7 Å². The van der Waals surface area contributed by atoms with E-state index < -0.39 is 16.0 Å². The van der Waals surface area contributed by atoms with Gasteiger partial charge in [0.2, 0.25) is 5.91 Å². The molecule has 1 aliphatic rings. The maximum Gasteiger partial charge on any atom is 0.349 e. The fraction of sp³-hybridized carbons (Fsp3) is 0.333. The highest BCUT2D eigenvalue weighted by molar-refractivity contribution is 7.93. The molecule has 1 aromatic heterocycles. The molecular weight excluding hydrogens is 418 g/mol. The number of carbonyl (C=O) groups is 2. The van der Waals surface area contributed by atoms with Crippen molar-refractivity contribution in [2.24, 2.45) is 0 Å². The number of carbonyl (C=O) groups excluding carboxylic acids is 2. The van der Waals surface area contributed by atoms with Gasteiger partial charge >= 0.3 is 5.97 Å². The number of sulfonamides is 1. The van der Waals surface area contributed by atoms with Crippen LogP contribution in [0.4, 0.5) is 11.4 Å². The van der Waals surface area contributed by atoms with Gasteiger partial charge < -0.3 is 14.8 Å². The fourth-order valence-electron chi connectivity index (χ4n) is 2.75. The van der Waals surface area contributed by atoms with Crippen molar-refractivity contribution in [3.63, 3.8) is 0 Å². The number of anilines is 2. The second kappa shape index (κ2) is 9.35. The maximum absolute atomic E-state index is 12.6. The van der Waals surface area contributed by atoms with Crippen molar-refractivity contribution < 1.29 is 27.5 Å². The number of nitrogens with one attached hydrogen (secondary N) is 2. The molecule has 29 heavy (non-hydrogen) atoms. The normalized spacial score (nSPS) is 14.9. The molecule has 0 bridgehead atoms. The van der Waals surface area contributed by atoms with Crippen LogP contribution < -0.4 is 10.0 Å². The van der Waals surface area contributed by atoms with Gasteiger partial charge in [0, 0.05) is 24.5 Å². The van der Waals surface area contributed by atoms with Crippen molar-refractivity contribution in [3.8, 4) is 0 Å². The van der Waals surface area contributed by atoms with E-state index in [4.69, 9.17) is 4.74 Å². The van der Waals surface area contributed by atoms with E-state index in [1.54, 1.807) is 12.1 Å². The number of methoxy groups -OCH3 is 1. The Bertz CT molecular complexity index is 966. The fourth-order valence-corrected chi connectivity index (χ4v) is 5.14. The summed E-state index contributed by atoms with van der Waals surface area (Å²) < 4.78 is 37.5. The lowest BCUT2D eigenvalue weighted by atomic mass is 10.3. The molecule has 9 nitrogen and oxygen atoms in total. The summed E-state index contributed by atoms with van der Waals surface area (Å²) in [6.07, 6.45) is 0. The summed E-state index contributed by atoms with van der Waals surface area (Å²) in [6, 6.07) is 7.62. The van der Waals surface area contributed by atoms with Gasteiger partial charge in [0.15, 0.2) is 0 Å². The number of nitrogens with zero attached hydrogens (tertiary/aromatic N) is 1. The molecule has 1 aliphatic heterocycles. The summed E-state index contributed by atoms with van der Waals surface area (Å²) >= 11 is 0.990. The molecule has 2 aromatic rings. The minimum atomic E-state index is -3.96. The van der Waals surface area contributed by atoms with Crippen LogP contribution in [0.25, 0.3) is 0 Å². The Morgan fingerprint density at radius 2 is 1.79 bits per heavy atom. The first-order chi connectivity index (χ1) is 13.9. The third kappa shape index (κ3) is 5.54. The lowest BCUT2D eigenvalue weighted by molar-refractivity contribution is -0.118. The number of esters is 1. The van der Waals surface area contributed by atoms with Gasteiger partial charge in [-0.25, -0.2) is 13.2 Å². The predicted octanol–water partition coefficient (Wildman–Crippen LogP) is 1.61. The number of ether oxygens (including phenoxy) is 2. The Morgan fingerprint density at radius 3 is 2.45 bits per heavy atom. The van der Waals surface area contributed by atoms with Crippen molar-refractivity contribution in [1.82, 2.24) is 4.90 Å². The van der Waals surface area contributed by atoms with Gasteiger partial charge in [0.05, 0.1) is 26.9 Å². The third-order valence-corrected chi connectivity index (χ3v) is 6.63. The lowest BCUT2D eigenvalue weighted by Gasteiger charge is -2.25. The minimum absolute atomic E-state index is 0.00648. The molecule has 2 heterocycles. The van der Waals surface area contributed by atoms with Gasteiger partial charge in [0.1, 0.15) is 9.77 Å². The summed E-state index contributed by atoms with van der Waals surface area (Å²) in [7, 11) is -2.76. The van der Waals surface area contributed by atoms with Crippen LogP contribution in [0.15, 0.2) is 40.6 Å². The molecule has 0 atom stereocenters. The number of amides is 1. The molecule has 1 fully saturated rings. The summed E-state index contributed by atoms with van der Waals surface area (Å²) in [4.78, 5) is 25.7. The van der Waals surface area contributed by atoms with Gasteiger partial charge in [-0.05, 0) is 35.7 Å². The zero-order valence-electron chi connectivity index (χ0n) is 15.7. The average Bonchev–Trinajstić information content (AvgIpc) is 3.20. The molecule has 2 N–H and O–H groups in total. The standard InChI is InChI=1S/C18H21N3O6S2/c1-26-18(23)17-15(6-11-28-17)29(24,25)20-14-4-2-13(3-5-14)19-16(22)12-21-7-9-27-10-8-21/h2-6,11,20H,7-10,12H2,1H3,(H,19,22). The van der Waals surface area contributed by atoms with Crippen LogP contribution in [0.3, 0.4) is 0 Å². The highest BCUT2D eigenvalue weighted by Crippen LogP contribution is 2.25. The van der Waals surface area contributed by atoms with E-state index in [2.05, 4.69) is 14.8 Å².